The fraction of sp³-hybridized carbons (Fsp3) is 0.632. The van der Waals surface area contributed by atoms with Crippen molar-refractivity contribution in [2.75, 3.05) is 0 Å². The Balaban J connectivity index is 1.84. The van der Waals surface area contributed by atoms with Crippen LogP contribution in [0, 0.1) is 12.7 Å². The highest BCUT2D eigenvalue weighted by Gasteiger charge is 2.51. The van der Waals surface area contributed by atoms with E-state index in [1.807, 2.05) is 20.8 Å². The molecule has 0 saturated carbocycles. The van der Waals surface area contributed by atoms with Crippen molar-refractivity contribution in [3.05, 3.63) is 35.1 Å². The second-order valence-electron chi connectivity index (χ2n) is 8.15. The molecule has 3 rings (SSSR count). The van der Waals surface area contributed by atoms with Crippen molar-refractivity contribution in [1.29, 1.82) is 0 Å². The summed E-state index contributed by atoms with van der Waals surface area (Å²) in [5.41, 5.74) is -0.890. The Morgan fingerprint density at radius 1 is 1.29 bits per heavy atom. The first-order valence-corrected chi connectivity index (χ1v) is 8.60. The van der Waals surface area contributed by atoms with Crippen LogP contribution in [-0.2, 0) is 10.3 Å². The van der Waals surface area contributed by atoms with Gasteiger partial charge in [0.05, 0.1) is 5.60 Å². The molecule has 1 N–H and O–H groups in total. The standard InChI is InChI=1S/C19H26FNO3/c1-12-6-5-7-15(16(12)20)19(23)10-13-8-9-14(11-19)21(13)17(22)24-18(2,3)4/h5-7,13-14,23H,8-11H2,1-4H3. The van der Waals surface area contributed by atoms with Crippen LogP contribution in [0.25, 0.3) is 0 Å². The van der Waals surface area contributed by atoms with Gasteiger partial charge in [-0.15, -0.1) is 0 Å². The van der Waals surface area contributed by atoms with Crippen LogP contribution in [0.4, 0.5) is 9.18 Å². The Morgan fingerprint density at radius 2 is 1.88 bits per heavy atom. The Bertz CT molecular complexity index is 639. The lowest BCUT2D eigenvalue weighted by atomic mass is 9.80. The number of halogens is 1. The van der Waals surface area contributed by atoms with E-state index in [1.54, 1.807) is 30.0 Å². The van der Waals surface area contributed by atoms with E-state index < -0.39 is 11.2 Å². The average molecular weight is 335 g/mol. The molecule has 0 radical (unpaired) electrons. The second kappa shape index (κ2) is 5.73. The summed E-state index contributed by atoms with van der Waals surface area (Å²) in [5.74, 6) is -0.342. The highest BCUT2D eigenvalue weighted by atomic mass is 19.1. The number of hydrogen-bond acceptors (Lipinski definition) is 3. The third-order valence-corrected chi connectivity index (χ3v) is 5.06. The molecule has 2 atom stereocenters. The molecule has 2 unspecified atom stereocenters. The Hall–Kier alpha value is -1.62. The molecule has 132 valence electrons. The summed E-state index contributed by atoms with van der Waals surface area (Å²) in [6.07, 6.45) is 2.01. The molecule has 1 aromatic carbocycles. The van der Waals surface area contributed by atoms with Crippen LogP contribution in [0.1, 0.15) is 57.6 Å². The summed E-state index contributed by atoms with van der Waals surface area (Å²) in [6.45, 7) is 7.23. The van der Waals surface area contributed by atoms with Crippen molar-refractivity contribution in [2.24, 2.45) is 0 Å². The molecule has 1 amide bonds. The molecule has 5 heteroatoms. The van der Waals surface area contributed by atoms with Crippen molar-refractivity contribution in [1.82, 2.24) is 4.90 Å². The van der Waals surface area contributed by atoms with Gasteiger partial charge in [0.2, 0.25) is 0 Å². The van der Waals surface area contributed by atoms with Crippen molar-refractivity contribution >= 4 is 6.09 Å². The molecule has 2 aliphatic rings. The number of ether oxygens (including phenoxy) is 1. The maximum Gasteiger partial charge on any atom is 0.410 e. The molecule has 4 nitrogen and oxygen atoms in total. The number of aliphatic hydroxyl groups is 1. The van der Waals surface area contributed by atoms with Crippen molar-refractivity contribution < 1.29 is 19.0 Å². The molecule has 0 spiro atoms. The van der Waals surface area contributed by atoms with Gasteiger partial charge in [0.1, 0.15) is 11.4 Å². The summed E-state index contributed by atoms with van der Waals surface area (Å²) in [6, 6.07) is 4.91. The van der Waals surface area contributed by atoms with Crippen molar-refractivity contribution in [3.8, 4) is 0 Å². The smallest absolute Gasteiger partial charge is 0.410 e. The van der Waals surface area contributed by atoms with Crippen molar-refractivity contribution in [3.63, 3.8) is 0 Å². The first-order valence-electron chi connectivity index (χ1n) is 8.60. The summed E-state index contributed by atoms with van der Waals surface area (Å²) in [7, 11) is 0. The summed E-state index contributed by atoms with van der Waals surface area (Å²) in [4.78, 5) is 14.2. The molecule has 0 aromatic heterocycles. The molecular formula is C19H26FNO3. The molecule has 2 bridgehead atoms. The number of hydrogen-bond donors (Lipinski definition) is 1. The Morgan fingerprint density at radius 3 is 2.42 bits per heavy atom. The molecule has 24 heavy (non-hydrogen) atoms. The predicted molar refractivity (Wildman–Crippen MR) is 89.2 cm³/mol. The van der Waals surface area contributed by atoms with E-state index in [-0.39, 0.29) is 24.0 Å². The Labute approximate surface area is 142 Å². The van der Waals surface area contributed by atoms with Crippen LogP contribution in [0.15, 0.2) is 18.2 Å². The summed E-state index contributed by atoms with van der Waals surface area (Å²) >= 11 is 0. The quantitative estimate of drug-likeness (QED) is 0.847. The van der Waals surface area contributed by atoms with Gasteiger partial charge in [0.15, 0.2) is 0 Å². The van der Waals surface area contributed by atoms with Crippen LogP contribution in [0.3, 0.4) is 0 Å². The number of piperidine rings is 1. The normalized spacial score (nSPS) is 29.7. The molecule has 2 fully saturated rings. The van der Waals surface area contributed by atoms with Crippen LogP contribution in [-0.4, -0.2) is 33.8 Å². The van der Waals surface area contributed by atoms with Crippen LogP contribution >= 0.6 is 0 Å². The predicted octanol–water partition coefficient (Wildman–Crippen LogP) is 3.88. The third kappa shape index (κ3) is 3.02. The van der Waals surface area contributed by atoms with Crippen molar-refractivity contribution in [2.45, 2.75) is 76.7 Å². The lowest BCUT2D eigenvalue weighted by molar-refractivity contribution is -0.0641. The van der Waals surface area contributed by atoms with Gasteiger partial charge in [-0.05, 0) is 46.1 Å². The van der Waals surface area contributed by atoms with Gasteiger partial charge in [-0.1, -0.05) is 18.2 Å². The van der Waals surface area contributed by atoms with E-state index in [0.29, 0.717) is 24.0 Å². The first-order chi connectivity index (χ1) is 11.1. The molecular weight excluding hydrogens is 309 g/mol. The maximum absolute atomic E-state index is 14.5. The lowest BCUT2D eigenvalue weighted by Crippen LogP contribution is -2.53. The number of nitrogens with zero attached hydrogens (tertiary/aromatic N) is 1. The highest BCUT2D eigenvalue weighted by molar-refractivity contribution is 5.69. The van der Waals surface area contributed by atoms with E-state index in [0.717, 1.165) is 12.8 Å². The highest BCUT2D eigenvalue weighted by Crippen LogP contribution is 2.46. The first kappa shape index (κ1) is 17.2. The minimum atomic E-state index is -1.22. The average Bonchev–Trinajstić information content (AvgIpc) is 2.73. The second-order valence-corrected chi connectivity index (χ2v) is 8.15. The SMILES string of the molecule is Cc1cccc(C2(O)CC3CCC(C2)N3C(=O)OC(C)(C)C)c1F. The number of carbonyl (C=O) groups excluding carboxylic acids is 1. The van der Waals surface area contributed by atoms with E-state index in [4.69, 9.17) is 4.74 Å². The van der Waals surface area contributed by atoms with Gasteiger partial charge in [-0.25, -0.2) is 9.18 Å². The largest absolute Gasteiger partial charge is 0.444 e. The van der Waals surface area contributed by atoms with E-state index in [2.05, 4.69) is 0 Å². The van der Waals surface area contributed by atoms with Crippen LogP contribution in [0.2, 0.25) is 0 Å². The molecule has 2 aliphatic heterocycles. The number of rotatable bonds is 1. The maximum atomic E-state index is 14.5. The zero-order chi connectivity index (χ0) is 17.7. The summed E-state index contributed by atoms with van der Waals surface area (Å²) in [5, 5.41) is 11.1. The van der Waals surface area contributed by atoms with E-state index in [9.17, 15) is 14.3 Å². The number of benzene rings is 1. The fourth-order valence-electron chi connectivity index (χ4n) is 4.06. The van der Waals surface area contributed by atoms with Gasteiger partial charge in [-0.3, -0.25) is 0 Å². The van der Waals surface area contributed by atoms with Gasteiger partial charge in [0.25, 0.3) is 0 Å². The molecule has 2 saturated heterocycles. The number of carbonyl (C=O) groups is 1. The monoisotopic (exact) mass is 335 g/mol. The lowest BCUT2D eigenvalue weighted by Gasteiger charge is -2.44. The zero-order valence-corrected chi connectivity index (χ0v) is 14.8. The van der Waals surface area contributed by atoms with Gasteiger partial charge >= 0.3 is 6.09 Å². The summed E-state index contributed by atoms with van der Waals surface area (Å²) < 4.78 is 20.0. The van der Waals surface area contributed by atoms with E-state index >= 15 is 0 Å². The molecule has 1 aromatic rings. The number of aryl methyl sites for hydroxylation is 1. The van der Waals surface area contributed by atoms with Gasteiger partial charge in [-0.2, -0.15) is 0 Å². The number of fused-ring (bicyclic) bond motifs is 2. The van der Waals surface area contributed by atoms with Gasteiger partial charge < -0.3 is 14.7 Å². The Kier molecular flexibility index (Phi) is 4.11. The van der Waals surface area contributed by atoms with E-state index in [1.165, 1.54) is 0 Å². The minimum absolute atomic E-state index is 0.108. The zero-order valence-electron chi connectivity index (χ0n) is 14.8. The minimum Gasteiger partial charge on any atom is -0.444 e. The molecule has 2 heterocycles. The topological polar surface area (TPSA) is 49.8 Å². The molecule has 0 aliphatic carbocycles. The number of amides is 1. The van der Waals surface area contributed by atoms with Gasteiger partial charge in [0, 0.05) is 30.5 Å². The van der Waals surface area contributed by atoms with Crippen LogP contribution in [0.5, 0.6) is 0 Å². The van der Waals surface area contributed by atoms with Crippen LogP contribution < -0.4 is 0 Å². The third-order valence-electron chi connectivity index (χ3n) is 5.06. The fourth-order valence-corrected chi connectivity index (χ4v) is 4.06.